The Labute approximate surface area is 53.8 Å². The first-order valence-corrected chi connectivity index (χ1v) is 2.81. The van der Waals surface area contributed by atoms with Crippen LogP contribution in [-0.4, -0.2) is 23.7 Å². The molecule has 0 amide bonds. The Bertz CT molecular complexity index is 85.0. The van der Waals surface area contributed by atoms with Gasteiger partial charge >= 0.3 is 0 Å². The first-order valence-electron chi connectivity index (χ1n) is 2.81. The van der Waals surface area contributed by atoms with Crippen LogP contribution >= 0.6 is 0 Å². The fourth-order valence-electron chi connectivity index (χ4n) is 0.431. The second-order valence-electron chi connectivity index (χ2n) is 1.90. The molecule has 5 N–H and O–H groups in total. The van der Waals surface area contributed by atoms with Gasteiger partial charge in [-0.2, -0.15) is 0 Å². The molecule has 0 aromatic heterocycles. The van der Waals surface area contributed by atoms with Gasteiger partial charge in [-0.3, -0.25) is 0 Å². The van der Waals surface area contributed by atoms with Gasteiger partial charge in [0.15, 0.2) is 0 Å². The van der Waals surface area contributed by atoms with E-state index in [1.807, 2.05) is 0 Å². The molecule has 0 saturated heterocycles. The van der Waals surface area contributed by atoms with Crippen LogP contribution in [0.4, 0.5) is 0 Å². The zero-order valence-corrected chi connectivity index (χ0v) is 5.16. The van der Waals surface area contributed by atoms with E-state index >= 15 is 0 Å². The Morgan fingerprint density at radius 2 is 2.11 bits per heavy atom. The van der Waals surface area contributed by atoms with E-state index in [2.05, 4.69) is 0 Å². The Hall–Kier alpha value is -0.450. The summed E-state index contributed by atoms with van der Waals surface area (Å²) in [7, 11) is 0. The van der Waals surface area contributed by atoms with Crippen molar-refractivity contribution in [1.82, 2.24) is 0 Å². The van der Waals surface area contributed by atoms with Crippen molar-refractivity contribution in [3.8, 4) is 0 Å². The smallest absolute Gasteiger partial charge is 0.120 e. The summed E-state index contributed by atoms with van der Waals surface area (Å²) in [5, 5.41) is 8.58. The number of hydrogen-bond acceptors (Lipinski definition) is 4. The molecule has 0 radical (unpaired) electrons. The van der Waals surface area contributed by atoms with Crippen molar-refractivity contribution < 1.29 is 9.90 Å². The number of nitrogens with two attached hydrogens (primary N) is 2. The van der Waals surface area contributed by atoms with Gasteiger partial charge in [-0.25, -0.2) is 0 Å². The summed E-state index contributed by atoms with van der Waals surface area (Å²) >= 11 is 0. The molecule has 4 nitrogen and oxygen atoms in total. The van der Waals surface area contributed by atoms with Crippen molar-refractivity contribution in [3.63, 3.8) is 0 Å². The monoisotopic (exact) mass is 132 g/mol. The first-order chi connectivity index (χ1) is 4.18. The summed E-state index contributed by atoms with van der Waals surface area (Å²) in [5.74, 6) is 0. The van der Waals surface area contributed by atoms with E-state index in [9.17, 15) is 4.79 Å². The lowest BCUT2D eigenvalue weighted by atomic mass is 10.1. The van der Waals surface area contributed by atoms with E-state index in [1.165, 1.54) is 0 Å². The van der Waals surface area contributed by atoms with Crippen molar-refractivity contribution in [2.24, 2.45) is 11.5 Å². The predicted octanol–water partition coefficient (Wildman–Crippen LogP) is -1.43. The average Bonchev–Trinajstić information content (AvgIpc) is 1.82. The number of rotatable bonds is 4. The number of aldehydes is 1. The number of carbonyl (C=O) groups excluding carboxylic acids is 1. The van der Waals surface area contributed by atoms with Crippen LogP contribution in [0.15, 0.2) is 0 Å². The minimum Gasteiger partial charge on any atom is -0.377 e. The maximum atomic E-state index is 9.75. The van der Waals surface area contributed by atoms with Gasteiger partial charge in [0.2, 0.25) is 0 Å². The second-order valence-corrected chi connectivity index (χ2v) is 1.90. The molecule has 0 saturated carbocycles. The molecule has 0 aliphatic carbocycles. The molecule has 4 heteroatoms. The van der Waals surface area contributed by atoms with E-state index in [-0.39, 0.29) is 0 Å². The molecule has 0 spiro atoms. The van der Waals surface area contributed by atoms with Crippen LogP contribution in [0.3, 0.4) is 0 Å². The zero-order valence-electron chi connectivity index (χ0n) is 5.16. The summed E-state index contributed by atoms with van der Waals surface area (Å²) in [6.45, 7) is 0. The van der Waals surface area contributed by atoms with Gasteiger partial charge in [0.25, 0.3) is 0 Å². The van der Waals surface area contributed by atoms with Crippen LogP contribution in [0.2, 0.25) is 0 Å². The van der Waals surface area contributed by atoms with Gasteiger partial charge in [-0.1, -0.05) is 0 Å². The van der Waals surface area contributed by atoms with Crippen molar-refractivity contribution >= 4 is 6.29 Å². The summed E-state index contributed by atoms with van der Waals surface area (Å²) in [5.41, 5.74) is 10.3. The van der Waals surface area contributed by atoms with Crippen LogP contribution < -0.4 is 11.5 Å². The quantitative estimate of drug-likeness (QED) is 0.323. The molecule has 0 aliphatic heterocycles. The van der Waals surface area contributed by atoms with Crippen LogP contribution in [0.1, 0.15) is 12.8 Å². The van der Waals surface area contributed by atoms with Crippen molar-refractivity contribution in [2.45, 2.75) is 25.1 Å². The normalized spacial score (nSPS) is 16.8. The lowest BCUT2D eigenvalue weighted by molar-refractivity contribution is -0.108. The Morgan fingerprint density at radius 1 is 1.56 bits per heavy atom. The predicted molar refractivity (Wildman–Crippen MR) is 33.5 cm³/mol. The molecular weight excluding hydrogens is 120 g/mol. The second kappa shape index (κ2) is 4.43. The van der Waals surface area contributed by atoms with E-state index in [4.69, 9.17) is 16.6 Å². The summed E-state index contributed by atoms with van der Waals surface area (Å²) in [6, 6.07) is -0.477. The van der Waals surface area contributed by atoms with E-state index in [1.54, 1.807) is 0 Å². The Balaban J connectivity index is 3.26. The highest BCUT2D eigenvalue weighted by molar-refractivity contribution is 5.49. The van der Waals surface area contributed by atoms with Gasteiger partial charge in [0.1, 0.15) is 12.5 Å². The standard InChI is InChI=1S/C5H12N2O2/c6-4(5(7)9)2-1-3-8/h3-5,9H,1-2,6-7H2/t4-,5?/m0/s1. The molecule has 0 fully saturated rings. The first kappa shape index (κ1) is 8.55. The highest BCUT2D eigenvalue weighted by Gasteiger charge is 2.07. The molecule has 1 unspecified atom stereocenters. The lowest BCUT2D eigenvalue weighted by Gasteiger charge is -2.11. The van der Waals surface area contributed by atoms with Gasteiger partial charge in [-0.15, -0.1) is 0 Å². The number of aliphatic hydroxyl groups is 1. The van der Waals surface area contributed by atoms with Crippen molar-refractivity contribution in [1.29, 1.82) is 0 Å². The molecule has 0 rings (SSSR count). The number of carbonyl (C=O) groups is 1. The third-order valence-electron chi connectivity index (χ3n) is 1.06. The minimum absolute atomic E-state index is 0.357. The summed E-state index contributed by atoms with van der Waals surface area (Å²) < 4.78 is 0. The molecule has 0 aromatic carbocycles. The largest absolute Gasteiger partial charge is 0.377 e. The van der Waals surface area contributed by atoms with Gasteiger partial charge < -0.3 is 21.4 Å². The van der Waals surface area contributed by atoms with Crippen LogP contribution in [0.25, 0.3) is 0 Å². The lowest BCUT2D eigenvalue weighted by Crippen LogP contribution is -2.40. The average molecular weight is 132 g/mol. The Kier molecular flexibility index (Phi) is 4.21. The molecule has 54 valence electrons. The topological polar surface area (TPSA) is 89.3 Å². The maximum absolute atomic E-state index is 9.75. The SMILES string of the molecule is NC(O)[C@@H](N)CCC=O. The molecule has 2 atom stereocenters. The van der Waals surface area contributed by atoms with Crippen LogP contribution in [0.5, 0.6) is 0 Å². The molecule has 0 aliphatic rings. The van der Waals surface area contributed by atoms with E-state index in [0.717, 1.165) is 6.29 Å². The summed E-state index contributed by atoms with van der Waals surface area (Å²) in [4.78, 5) is 9.75. The van der Waals surface area contributed by atoms with Crippen molar-refractivity contribution in [3.05, 3.63) is 0 Å². The fourth-order valence-corrected chi connectivity index (χ4v) is 0.431. The van der Waals surface area contributed by atoms with E-state index in [0.29, 0.717) is 12.8 Å². The van der Waals surface area contributed by atoms with Crippen molar-refractivity contribution in [2.75, 3.05) is 0 Å². The highest BCUT2D eigenvalue weighted by atomic mass is 16.3. The van der Waals surface area contributed by atoms with Crippen LogP contribution in [-0.2, 0) is 4.79 Å². The van der Waals surface area contributed by atoms with Gasteiger partial charge in [-0.05, 0) is 6.42 Å². The summed E-state index contributed by atoms with van der Waals surface area (Å²) in [6.07, 6.45) is 0.545. The highest BCUT2D eigenvalue weighted by Crippen LogP contribution is 1.92. The van der Waals surface area contributed by atoms with Crippen LogP contribution in [0, 0.1) is 0 Å². The van der Waals surface area contributed by atoms with Gasteiger partial charge in [0, 0.05) is 12.5 Å². The number of aliphatic hydroxyl groups excluding tert-OH is 1. The molecule has 9 heavy (non-hydrogen) atoms. The molecule has 0 aromatic rings. The zero-order chi connectivity index (χ0) is 7.28. The minimum atomic E-state index is -1.01. The maximum Gasteiger partial charge on any atom is 0.120 e. The van der Waals surface area contributed by atoms with E-state index < -0.39 is 12.3 Å². The Morgan fingerprint density at radius 3 is 2.44 bits per heavy atom. The molecule has 0 bridgehead atoms. The fraction of sp³-hybridized carbons (Fsp3) is 0.800. The third-order valence-corrected chi connectivity index (χ3v) is 1.06. The third kappa shape index (κ3) is 4.08. The molecular formula is C5H12N2O2. The number of hydrogen-bond donors (Lipinski definition) is 3. The molecule has 0 heterocycles. The van der Waals surface area contributed by atoms with Gasteiger partial charge in [0.05, 0.1) is 0 Å².